The Kier molecular flexibility index (Phi) is 38.8. The van der Waals surface area contributed by atoms with Crippen molar-refractivity contribution in [3.8, 4) is 0 Å². The first-order valence-electron chi connectivity index (χ1n) is 24.1. The van der Waals surface area contributed by atoms with E-state index in [2.05, 4.69) is 13.8 Å². The SMILES string of the molecule is CCCCCCCCCCCCCCCCCCSC(N)=CC(=O)OCc1ccc(COC(=O)C=C(N)SCCCCCCCCCCCCCCCCCC)cc1. The normalized spacial score (nSPS) is 12.0. The molecule has 0 radical (unpaired) electrons. The van der Waals surface area contributed by atoms with Crippen molar-refractivity contribution in [3.63, 3.8) is 0 Å². The summed E-state index contributed by atoms with van der Waals surface area (Å²) in [5.74, 6) is 0.959. The van der Waals surface area contributed by atoms with Gasteiger partial charge in [0.25, 0.3) is 0 Å². The Balaban J connectivity index is 2.00. The van der Waals surface area contributed by atoms with Crippen LogP contribution in [-0.2, 0) is 32.3 Å². The summed E-state index contributed by atoms with van der Waals surface area (Å²) in [5.41, 5.74) is 13.8. The first kappa shape index (κ1) is 54.0. The average molecular weight is 845 g/mol. The molecule has 0 saturated carbocycles. The van der Waals surface area contributed by atoms with Crippen LogP contribution in [0.5, 0.6) is 0 Å². The van der Waals surface area contributed by atoms with E-state index in [1.165, 1.54) is 228 Å². The molecule has 6 nitrogen and oxygen atoms in total. The van der Waals surface area contributed by atoms with E-state index in [0.717, 1.165) is 35.5 Å². The molecule has 1 aromatic carbocycles. The van der Waals surface area contributed by atoms with Crippen molar-refractivity contribution in [2.45, 2.75) is 233 Å². The van der Waals surface area contributed by atoms with E-state index in [4.69, 9.17) is 20.9 Å². The molecule has 0 amide bonds. The predicted molar refractivity (Wildman–Crippen MR) is 255 cm³/mol. The van der Waals surface area contributed by atoms with Gasteiger partial charge in [0.15, 0.2) is 0 Å². The number of carbonyl (C=O) groups is 2. The van der Waals surface area contributed by atoms with Gasteiger partial charge < -0.3 is 20.9 Å². The molecule has 0 aliphatic heterocycles. The van der Waals surface area contributed by atoms with Gasteiger partial charge in [-0.25, -0.2) is 9.59 Å². The number of unbranched alkanes of at least 4 members (excludes halogenated alkanes) is 30. The molecule has 0 aliphatic rings. The third kappa shape index (κ3) is 37.0. The monoisotopic (exact) mass is 845 g/mol. The van der Waals surface area contributed by atoms with Crippen LogP contribution in [0.25, 0.3) is 0 Å². The van der Waals surface area contributed by atoms with Gasteiger partial charge in [0, 0.05) is 0 Å². The van der Waals surface area contributed by atoms with Gasteiger partial charge in [-0.05, 0) is 35.5 Å². The number of ether oxygens (including phenoxy) is 2. The summed E-state index contributed by atoms with van der Waals surface area (Å²) < 4.78 is 10.8. The van der Waals surface area contributed by atoms with Gasteiger partial charge in [-0.2, -0.15) is 0 Å². The minimum absolute atomic E-state index is 0.155. The number of hydrogen-bond acceptors (Lipinski definition) is 8. The smallest absolute Gasteiger partial charge is 0.333 e. The van der Waals surface area contributed by atoms with Crippen LogP contribution in [0.1, 0.15) is 230 Å². The molecule has 1 rings (SSSR count). The molecule has 0 unspecified atom stereocenters. The average Bonchev–Trinajstić information content (AvgIpc) is 3.22. The molecule has 58 heavy (non-hydrogen) atoms. The lowest BCUT2D eigenvalue weighted by Crippen LogP contribution is -2.06. The van der Waals surface area contributed by atoms with Crippen LogP contribution >= 0.6 is 23.5 Å². The molecule has 8 heteroatoms. The third-order valence-electron chi connectivity index (χ3n) is 10.8. The van der Waals surface area contributed by atoms with Gasteiger partial charge in [-0.3, -0.25) is 0 Å². The van der Waals surface area contributed by atoms with E-state index in [0.29, 0.717) is 10.1 Å². The standard InChI is InChI=1S/C50H88N2O4S2/c1-3-5-7-9-11-13-15-17-19-21-23-25-27-29-31-33-39-57-47(51)41-49(53)55-43-45-35-37-46(38-36-45)44-56-50(54)42-48(52)58-40-34-32-30-28-26-24-22-20-18-16-14-12-10-8-6-4-2/h35-38,41-42H,3-34,39-40,43-44,51-52H2,1-2H3. The van der Waals surface area contributed by atoms with Gasteiger partial charge in [-0.1, -0.05) is 231 Å². The van der Waals surface area contributed by atoms with Gasteiger partial charge in [0.2, 0.25) is 0 Å². The second-order valence-corrected chi connectivity index (χ2v) is 18.8. The Morgan fingerprint density at radius 2 is 0.638 bits per heavy atom. The summed E-state index contributed by atoms with van der Waals surface area (Å²) >= 11 is 3.04. The number of esters is 2. The number of hydrogen-bond donors (Lipinski definition) is 2. The first-order valence-corrected chi connectivity index (χ1v) is 26.0. The fraction of sp³-hybridized carbons (Fsp3) is 0.760. The molecular formula is C50H88N2O4S2. The molecule has 0 fully saturated rings. The van der Waals surface area contributed by atoms with Crippen LogP contribution in [0.4, 0.5) is 0 Å². The first-order chi connectivity index (χ1) is 28.4. The number of rotatable bonds is 42. The highest BCUT2D eigenvalue weighted by Gasteiger charge is 2.06. The number of benzene rings is 1. The summed E-state index contributed by atoms with van der Waals surface area (Å²) in [5, 5.41) is 0.993. The molecule has 0 aromatic heterocycles. The topological polar surface area (TPSA) is 105 Å². The lowest BCUT2D eigenvalue weighted by atomic mass is 10.0. The Labute approximate surface area is 366 Å². The lowest BCUT2D eigenvalue weighted by molar-refractivity contribution is -0.140. The minimum atomic E-state index is -0.438. The molecule has 0 aliphatic carbocycles. The largest absolute Gasteiger partial charge is 0.458 e. The zero-order valence-corrected chi connectivity index (χ0v) is 39.2. The van der Waals surface area contributed by atoms with Crippen LogP contribution in [0.3, 0.4) is 0 Å². The Bertz CT molecular complexity index is 1070. The highest BCUT2D eigenvalue weighted by Crippen LogP contribution is 2.19. The van der Waals surface area contributed by atoms with Crippen molar-refractivity contribution in [2.75, 3.05) is 11.5 Å². The fourth-order valence-corrected chi connectivity index (χ4v) is 8.65. The number of carbonyl (C=O) groups excluding carboxylic acids is 2. The van der Waals surface area contributed by atoms with E-state index in [-0.39, 0.29) is 13.2 Å². The molecule has 0 saturated heterocycles. The summed E-state index contributed by atoms with van der Waals surface area (Å²) in [6.07, 6.45) is 46.1. The Morgan fingerprint density at radius 3 is 0.879 bits per heavy atom. The van der Waals surface area contributed by atoms with Gasteiger partial charge in [-0.15, -0.1) is 23.5 Å². The quantitative estimate of drug-likeness (QED) is 0.0381. The van der Waals surface area contributed by atoms with E-state index in [9.17, 15) is 9.59 Å². The molecule has 0 heterocycles. The van der Waals surface area contributed by atoms with Crippen LogP contribution in [0, 0.1) is 0 Å². The van der Waals surface area contributed by atoms with Crippen LogP contribution in [0.2, 0.25) is 0 Å². The number of thioether (sulfide) groups is 2. The summed E-state index contributed by atoms with van der Waals surface area (Å²) in [6, 6.07) is 7.47. The van der Waals surface area contributed by atoms with E-state index in [1.807, 2.05) is 24.3 Å². The summed E-state index contributed by atoms with van der Waals surface area (Å²) in [6.45, 7) is 4.87. The minimum Gasteiger partial charge on any atom is -0.458 e. The van der Waals surface area contributed by atoms with Crippen LogP contribution in [-0.4, -0.2) is 23.4 Å². The molecule has 334 valence electrons. The van der Waals surface area contributed by atoms with Crippen molar-refractivity contribution in [3.05, 3.63) is 57.6 Å². The van der Waals surface area contributed by atoms with Gasteiger partial charge >= 0.3 is 11.9 Å². The van der Waals surface area contributed by atoms with Crippen molar-refractivity contribution in [1.82, 2.24) is 0 Å². The van der Waals surface area contributed by atoms with E-state index in [1.54, 1.807) is 0 Å². The second kappa shape index (κ2) is 41.7. The molecule has 4 N–H and O–H groups in total. The molecule has 0 atom stereocenters. The maximum absolute atomic E-state index is 12.3. The zero-order valence-electron chi connectivity index (χ0n) is 37.5. The van der Waals surface area contributed by atoms with Crippen molar-refractivity contribution in [1.29, 1.82) is 0 Å². The van der Waals surface area contributed by atoms with Crippen LogP contribution in [0.15, 0.2) is 46.5 Å². The van der Waals surface area contributed by atoms with Crippen molar-refractivity contribution >= 4 is 35.5 Å². The summed E-state index contributed by atoms with van der Waals surface area (Å²) in [7, 11) is 0. The maximum Gasteiger partial charge on any atom is 0.333 e. The van der Waals surface area contributed by atoms with Crippen molar-refractivity contribution in [2.24, 2.45) is 11.5 Å². The molecule has 1 aromatic rings. The second-order valence-electron chi connectivity index (χ2n) is 16.4. The molecular weight excluding hydrogens is 757 g/mol. The highest BCUT2D eigenvalue weighted by atomic mass is 32.2. The van der Waals surface area contributed by atoms with Gasteiger partial charge in [0.05, 0.1) is 22.2 Å². The lowest BCUT2D eigenvalue weighted by Gasteiger charge is -2.07. The summed E-state index contributed by atoms with van der Waals surface area (Å²) in [4.78, 5) is 24.6. The highest BCUT2D eigenvalue weighted by molar-refractivity contribution is 8.03. The third-order valence-corrected chi connectivity index (χ3v) is 12.7. The fourth-order valence-electron chi connectivity index (χ4n) is 7.12. The van der Waals surface area contributed by atoms with Crippen LogP contribution < -0.4 is 11.5 Å². The molecule has 0 bridgehead atoms. The van der Waals surface area contributed by atoms with Gasteiger partial charge in [0.1, 0.15) is 13.2 Å². The molecule has 0 spiro atoms. The Morgan fingerprint density at radius 1 is 0.414 bits per heavy atom. The Hall–Kier alpha value is -2.06. The maximum atomic E-state index is 12.3. The number of nitrogens with two attached hydrogens (primary N) is 2. The van der Waals surface area contributed by atoms with E-state index < -0.39 is 11.9 Å². The van der Waals surface area contributed by atoms with E-state index >= 15 is 0 Å². The zero-order chi connectivity index (χ0) is 42.0. The van der Waals surface area contributed by atoms with Crippen molar-refractivity contribution < 1.29 is 19.1 Å². The predicted octanol–water partition coefficient (Wildman–Crippen LogP) is 15.4.